The van der Waals surface area contributed by atoms with Gasteiger partial charge in [-0.15, -0.1) is 5.10 Å². The van der Waals surface area contributed by atoms with Crippen molar-refractivity contribution < 1.29 is 14.3 Å². The number of carbonyl (C=O) groups excluding carboxylic acids is 1. The van der Waals surface area contributed by atoms with Crippen molar-refractivity contribution in [3.8, 4) is 5.75 Å². The third kappa shape index (κ3) is 6.37. The quantitative estimate of drug-likeness (QED) is 0.140. The average Bonchev–Trinajstić information content (AvgIpc) is 3.37. The number of hydrogen-bond donors (Lipinski definition) is 1. The van der Waals surface area contributed by atoms with Gasteiger partial charge in [0.25, 0.3) is 0 Å². The number of nitrogens with zero attached hydrogens (tertiary/aromatic N) is 3. The third-order valence-electron chi connectivity index (χ3n) is 6.31. The molecule has 5 rings (SSSR count). The second kappa shape index (κ2) is 12.9. The number of anilines is 1. The summed E-state index contributed by atoms with van der Waals surface area (Å²) in [5, 5.41) is 9.37. The van der Waals surface area contributed by atoms with Gasteiger partial charge >= 0.3 is 5.97 Å². The molecule has 206 valence electrons. The molecule has 0 bridgehead atoms. The lowest BCUT2D eigenvalue weighted by atomic mass is 9.95. The smallest absolute Gasteiger partial charge is 0.338 e. The van der Waals surface area contributed by atoms with Crippen molar-refractivity contribution >= 4 is 51.2 Å². The molecule has 4 aromatic rings. The van der Waals surface area contributed by atoms with Crippen LogP contribution in [0, 0.1) is 0 Å². The number of carbonyl (C=O) groups is 1. The van der Waals surface area contributed by atoms with Gasteiger partial charge in [0.1, 0.15) is 18.4 Å². The van der Waals surface area contributed by atoms with Crippen LogP contribution in [0.15, 0.2) is 93.7 Å². The highest BCUT2D eigenvalue weighted by atomic mass is 79.9. The predicted octanol–water partition coefficient (Wildman–Crippen LogP) is 7.81. The van der Waals surface area contributed by atoms with Crippen LogP contribution in [0.2, 0.25) is 5.02 Å². The van der Waals surface area contributed by atoms with Crippen LogP contribution in [0.1, 0.15) is 43.0 Å². The van der Waals surface area contributed by atoms with Crippen LogP contribution < -0.4 is 10.1 Å². The van der Waals surface area contributed by atoms with Crippen LogP contribution in [0.25, 0.3) is 0 Å². The lowest BCUT2D eigenvalue weighted by Crippen LogP contribution is -2.30. The van der Waals surface area contributed by atoms with Gasteiger partial charge in [0.05, 0.1) is 12.2 Å². The molecule has 0 fully saturated rings. The number of nitrogens with one attached hydrogen (secondary N) is 1. The van der Waals surface area contributed by atoms with Gasteiger partial charge in [-0.25, -0.2) is 9.48 Å². The maximum absolute atomic E-state index is 13.7. The molecule has 0 saturated carbocycles. The van der Waals surface area contributed by atoms with E-state index in [0.717, 1.165) is 27.6 Å². The molecular formula is C30H28BrClN4O3S. The Hall–Kier alpha value is -3.27. The first kappa shape index (κ1) is 28.3. The summed E-state index contributed by atoms with van der Waals surface area (Å²) in [5.41, 5.74) is 3.77. The average molecular weight is 640 g/mol. The van der Waals surface area contributed by atoms with E-state index in [4.69, 9.17) is 31.2 Å². The number of aromatic nitrogens is 3. The molecule has 0 spiro atoms. The summed E-state index contributed by atoms with van der Waals surface area (Å²) in [6, 6.07) is 22.5. The van der Waals surface area contributed by atoms with Crippen molar-refractivity contribution in [1.82, 2.24) is 14.8 Å². The zero-order valence-corrected chi connectivity index (χ0v) is 25.2. The van der Waals surface area contributed by atoms with E-state index < -0.39 is 12.0 Å². The minimum Gasteiger partial charge on any atom is -0.493 e. The number of hydrogen-bond acceptors (Lipinski definition) is 7. The summed E-state index contributed by atoms with van der Waals surface area (Å²) in [6.45, 7) is 4.60. The van der Waals surface area contributed by atoms with Gasteiger partial charge in [-0.05, 0) is 48.7 Å². The minimum atomic E-state index is -0.619. The Morgan fingerprint density at radius 3 is 2.67 bits per heavy atom. The molecule has 3 aromatic carbocycles. The Morgan fingerprint density at radius 1 is 1.12 bits per heavy atom. The van der Waals surface area contributed by atoms with E-state index in [9.17, 15) is 4.79 Å². The molecule has 0 amide bonds. The van der Waals surface area contributed by atoms with Gasteiger partial charge in [-0.1, -0.05) is 94.7 Å². The van der Waals surface area contributed by atoms with E-state index in [1.807, 2.05) is 79.7 Å². The van der Waals surface area contributed by atoms with Crippen molar-refractivity contribution in [2.75, 3.05) is 11.9 Å². The monoisotopic (exact) mass is 638 g/mol. The van der Waals surface area contributed by atoms with E-state index in [1.165, 1.54) is 11.8 Å². The molecule has 40 heavy (non-hydrogen) atoms. The lowest BCUT2D eigenvalue weighted by Gasteiger charge is -2.29. The Bertz CT molecular complexity index is 1540. The Balaban J connectivity index is 1.52. The normalized spacial score (nSPS) is 14.4. The molecule has 1 aliphatic rings. The fourth-order valence-corrected chi connectivity index (χ4v) is 5.87. The molecule has 1 unspecified atom stereocenters. The number of fused-ring (bicyclic) bond motifs is 1. The molecule has 1 aromatic heterocycles. The summed E-state index contributed by atoms with van der Waals surface area (Å²) in [7, 11) is 0. The Labute approximate surface area is 251 Å². The predicted molar refractivity (Wildman–Crippen MR) is 162 cm³/mol. The highest BCUT2D eigenvalue weighted by molar-refractivity contribution is 9.10. The van der Waals surface area contributed by atoms with Gasteiger partial charge in [0.2, 0.25) is 11.1 Å². The van der Waals surface area contributed by atoms with E-state index in [1.54, 1.807) is 4.68 Å². The van der Waals surface area contributed by atoms with Gasteiger partial charge in [-0.3, -0.25) is 0 Å². The molecular weight excluding hydrogens is 612 g/mol. The first-order chi connectivity index (χ1) is 19.4. The SMILES string of the molecule is CCCOc1ccc(Br)cc1C1C(C(=O)OCc2ccccc2)=C(C)Nc2nc(SCc3ccccc3Cl)nn21. The standard InChI is InChI=1S/C30H28BrClN4O3S/c1-3-15-38-25-14-13-22(31)16-23(25)27-26(28(37)39-17-20-9-5-4-6-10-20)19(2)33-29-34-30(35-36(27)29)40-18-21-11-7-8-12-24(21)32/h4-14,16,27H,3,15,17-18H2,1-2H3,(H,33,34,35). The van der Waals surface area contributed by atoms with E-state index in [-0.39, 0.29) is 6.61 Å². The number of thioether (sulfide) groups is 1. The zero-order valence-electron chi connectivity index (χ0n) is 22.1. The minimum absolute atomic E-state index is 0.157. The van der Waals surface area contributed by atoms with E-state index in [2.05, 4.69) is 28.2 Å². The Kier molecular flexibility index (Phi) is 9.14. The largest absolute Gasteiger partial charge is 0.493 e. The summed E-state index contributed by atoms with van der Waals surface area (Å²) in [5.74, 6) is 1.37. The number of ether oxygens (including phenoxy) is 2. The number of rotatable bonds is 10. The number of allylic oxidation sites excluding steroid dienone is 1. The third-order valence-corrected chi connectivity index (χ3v) is 8.06. The van der Waals surface area contributed by atoms with Crippen molar-refractivity contribution in [3.63, 3.8) is 0 Å². The molecule has 7 nitrogen and oxygen atoms in total. The van der Waals surface area contributed by atoms with E-state index >= 15 is 0 Å². The van der Waals surface area contributed by atoms with Gasteiger partial charge in [0.15, 0.2) is 0 Å². The van der Waals surface area contributed by atoms with Crippen molar-refractivity contribution in [3.05, 3.63) is 110 Å². The maximum atomic E-state index is 13.7. The van der Waals surface area contributed by atoms with Gasteiger partial charge in [-0.2, -0.15) is 4.98 Å². The molecule has 1 atom stereocenters. The summed E-state index contributed by atoms with van der Waals surface area (Å²) in [6.07, 6.45) is 0.847. The number of benzene rings is 3. The van der Waals surface area contributed by atoms with E-state index in [0.29, 0.717) is 45.5 Å². The van der Waals surface area contributed by atoms with Crippen LogP contribution >= 0.6 is 39.3 Å². The van der Waals surface area contributed by atoms with Crippen LogP contribution in [0.3, 0.4) is 0 Å². The van der Waals surface area contributed by atoms with Crippen LogP contribution in [0.5, 0.6) is 5.75 Å². The van der Waals surface area contributed by atoms with Crippen LogP contribution in [-0.2, 0) is 21.9 Å². The first-order valence-corrected chi connectivity index (χ1v) is 15.0. The molecule has 0 radical (unpaired) electrons. The van der Waals surface area contributed by atoms with Crippen molar-refractivity contribution in [1.29, 1.82) is 0 Å². The van der Waals surface area contributed by atoms with Crippen LogP contribution in [-0.4, -0.2) is 27.3 Å². The van der Waals surface area contributed by atoms with Crippen molar-refractivity contribution in [2.24, 2.45) is 0 Å². The molecule has 1 N–H and O–H groups in total. The molecule has 1 aliphatic heterocycles. The maximum Gasteiger partial charge on any atom is 0.338 e. The van der Waals surface area contributed by atoms with Crippen LogP contribution in [0.4, 0.5) is 5.95 Å². The number of esters is 1. The lowest BCUT2D eigenvalue weighted by molar-refractivity contribution is -0.140. The summed E-state index contributed by atoms with van der Waals surface area (Å²) >= 11 is 11.4. The van der Waals surface area contributed by atoms with Crippen molar-refractivity contribution in [2.45, 2.75) is 43.8 Å². The summed E-state index contributed by atoms with van der Waals surface area (Å²) in [4.78, 5) is 18.4. The molecule has 2 heterocycles. The second-order valence-corrected chi connectivity index (χ2v) is 11.5. The highest BCUT2D eigenvalue weighted by Crippen LogP contribution is 2.41. The zero-order chi connectivity index (χ0) is 28.1. The second-order valence-electron chi connectivity index (χ2n) is 9.20. The highest BCUT2D eigenvalue weighted by Gasteiger charge is 2.37. The summed E-state index contributed by atoms with van der Waals surface area (Å²) < 4.78 is 14.5. The molecule has 0 saturated heterocycles. The first-order valence-electron chi connectivity index (χ1n) is 12.9. The molecule has 0 aliphatic carbocycles. The number of halogens is 2. The van der Waals surface area contributed by atoms with Gasteiger partial charge in [0, 0.05) is 26.5 Å². The van der Waals surface area contributed by atoms with Gasteiger partial charge < -0.3 is 14.8 Å². The molecule has 10 heteroatoms. The Morgan fingerprint density at radius 2 is 1.90 bits per heavy atom. The fourth-order valence-electron chi connectivity index (χ4n) is 4.38. The fraction of sp³-hybridized carbons (Fsp3) is 0.233. The topological polar surface area (TPSA) is 78.3 Å².